The maximum absolute atomic E-state index is 11.8. The highest BCUT2D eigenvalue weighted by Gasteiger charge is 2.17. The minimum Gasteiger partial charge on any atom is -0.444 e. The van der Waals surface area contributed by atoms with Gasteiger partial charge in [-0.05, 0) is 38.5 Å². The maximum Gasteiger partial charge on any atom is 0.408 e. The number of rotatable bonds is 5. The van der Waals surface area contributed by atoms with Gasteiger partial charge in [0, 0.05) is 25.3 Å². The SMILES string of the molecule is CC(C)(C)OC(=O)NCC(=O)NCc1ccc(N2CCNC(=O)C2)cc1. The molecule has 1 saturated heterocycles. The van der Waals surface area contributed by atoms with Crippen molar-refractivity contribution >= 4 is 23.6 Å². The molecule has 26 heavy (non-hydrogen) atoms. The minimum atomic E-state index is -0.623. The van der Waals surface area contributed by atoms with Crippen LogP contribution in [0.3, 0.4) is 0 Å². The summed E-state index contributed by atoms with van der Waals surface area (Å²) in [5, 5.41) is 7.94. The molecule has 0 atom stereocenters. The molecule has 1 aromatic rings. The van der Waals surface area contributed by atoms with Gasteiger partial charge in [0.05, 0.1) is 6.54 Å². The molecule has 142 valence electrons. The lowest BCUT2D eigenvalue weighted by Gasteiger charge is -2.28. The first kappa shape index (κ1) is 19.6. The van der Waals surface area contributed by atoms with Crippen molar-refractivity contribution < 1.29 is 19.1 Å². The Kier molecular flexibility index (Phi) is 6.43. The van der Waals surface area contributed by atoms with E-state index in [-0.39, 0.29) is 18.4 Å². The van der Waals surface area contributed by atoms with Gasteiger partial charge in [0.15, 0.2) is 0 Å². The van der Waals surface area contributed by atoms with Gasteiger partial charge in [-0.25, -0.2) is 4.79 Å². The van der Waals surface area contributed by atoms with E-state index in [4.69, 9.17) is 4.74 Å². The molecule has 2 rings (SSSR count). The first-order valence-corrected chi connectivity index (χ1v) is 8.57. The molecule has 3 amide bonds. The van der Waals surface area contributed by atoms with Crippen molar-refractivity contribution in [3.8, 4) is 0 Å². The normalized spacial score (nSPS) is 14.4. The molecule has 0 bridgehead atoms. The van der Waals surface area contributed by atoms with Crippen LogP contribution in [0, 0.1) is 0 Å². The second-order valence-electron chi connectivity index (χ2n) is 7.07. The molecule has 0 aliphatic carbocycles. The number of amides is 3. The second kappa shape index (κ2) is 8.55. The van der Waals surface area contributed by atoms with E-state index in [1.807, 2.05) is 29.2 Å². The van der Waals surface area contributed by atoms with Crippen LogP contribution in [0.5, 0.6) is 0 Å². The largest absolute Gasteiger partial charge is 0.444 e. The van der Waals surface area contributed by atoms with Gasteiger partial charge in [0.2, 0.25) is 11.8 Å². The summed E-state index contributed by atoms with van der Waals surface area (Å²) in [6.07, 6.45) is -0.623. The van der Waals surface area contributed by atoms with Gasteiger partial charge >= 0.3 is 6.09 Å². The van der Waals surface area contributed by atoms with E-state index in [9.17, 15) is 14.4 Å². The van der Waals surface area contributed by atoms with Crippen LogP contribution in [-0.4, -0.2) is 49.7 Å². The van der Waals surface area contributed by atoms with Crippen LogP contribution < -0.4 is 20.9 Å². The average molecular weight is 362 g/mol. The van der Waals surface area contributed by atoms with Crippen molar-refractivity contribution in [1.29, 1.82) is 0 Å². The van der Waals surface area contributed by atoms with Crippen molar-refractivity contribution in [2.75, 3.05) is 31.1 Å². The van der Waals surface area contributed by atoms with E-state index in [1.165, 1.54) is 0 Å². The number of hydrogen-bond donors (Lipinski definition) is 3. The highest BCUT2D eigenvalue weighted by molar-refractivity contribution is 5.83. The number of carbonyl (C=O) groups is 3. The van der Waals surface area contributed by atoms with Crippen LogP contribution in [0.4, 0.5) is 10.5 Å². The quantitative estimate of drug-likeness (QED) is 0.718. The number of anilines is 1. The number of nitrogens with zero attached hydrogens (tertiary/aromatic N) is 1. The Morgan fingerprint density at radius 3 is 2.50 bits per heavy atom. The molecule has 1 aliphatic rings. The number of hydrogen-bond acceptors (Lipinski definition) is 5. The fraction of sp³-hybridized carbons (Fsp3) is 0.500. The zero-order valence-electron chi connectivity index (χ0n) is 15.4. The van der Waals surface area contributed by atoms with Crippen molar-refractivity contribution in [3.05, 3.63) is 29.8 Å². The molecular formula is C18H26N4O4. The standard InChI is InChI=1S/C18H26N4O4/c1-18(2,3)26-17(25)21-11-15(23)20-10-13-4-6-14(7-5-13)22-9-8-19-16(24)12-22/h4-7H,8-12H2,1-3H3,(H,19,24)(H,20,23)(H,21,25). The Morgan fingerprint density at radius 1 is 1.19 bits per heavy atom. The Hall–Kier alpha value is -2.77. The predicted molar refractivity (Wildman–Crippen MR) is 97.7 cm³/mol. The van der Waals surface area contributed by atoms with Crippen molar-refractivity contribution in [2.24, 2.45) is 0 Å². The summed E-state index contributed by atoms with van der Waals surface area (Å²) < 4.78 is 5.07. The van der Waals surface area contributed by atoms with E-state index in [0.717, 1.165) is 17.8 Å². The van der Waals surface area contributed by atoms with Gasteiger partial charge in [-0.3, -0.25) is 9.59 Å². The van der Waals surface area contributed by atoms with Gasteiger partial charge in [-0.2, -0.15) is 0 Å². The first-order valence-electron chi connectivity index (χ1n) is 8.57. The van der Waals surface area contributed by atoms with E-state index in [2.05, 4.69) is 16.0 Å². The average Bonchev–Trinajstić information content (AvgIpc) is 2.57. The monoisotopic (exact) mass is 362 g/mol. The fourth-order valence-corrected chi connectivity index (χ4v) is 2.41. The zero-order chi connectivity index (χ0) is 19.2. The molecule has 0 saturated carbocycles. The number of benzene rings is 1. The Balaban J connectivity index is 1.74. The third kappa shape index (κ3) is 6.62. The van der Waals surface area contributed by atoms with Crippen LogP contribution in [0.25, 0.3) is 0 Å². The summed E-state index contributed by atoms with van der Waals surface area (Å²) in [5.74, 6) is -0.280. The fourth-order valence-electron chi connectivity index (χ4n) is 2.41. The molecule has 1 aromatic carbocycles. The molecule has 0 aromatic heterocycles. The number of carbonyl (C=O) groups excluding carboxylic acids is 3. The molecule has 0 unspecified atom stereocenters. The van der Waals surface area contributed by atoms with Crippen molar-refractivity contribution in [3.63, 3.8) is 0 Å². The molecular weight excluding hydrogens is 336 g/mol. The topological polar surface area (TPSA) is 99.8 Å². The van der Waals surface area contributed by atoms with E-state index >= 15 is 0 Å². The molecule has 3 N–H and O–H groups in total. The lowest BCUT2D eigenvalue weighted by molar-refractivity contribution is -0.121. The van der Waals surface area contributed by atoms with Gasteiger partial charge in [0.1, 0.15) is 12.1 Å². The Morgan fingerprint density at radius 2 is 1.88 bits per heavy atom. The molecule has 0 radical (unpaired) electrons. The lowest BCUT2D eigenvalue weighted by Crippen LogP contribution is -2.47. The molecule has 1 heterocycles. The van der Waals surface area contributed by atoms with Gasteiger partial charge in [0.25, 0.3) is 0 Å². The predicted octanol–water partition coefficient (Wildman–Crippen LogP) is 0.764. The molecule has 1 fully saturated rings. The molecule has 8 heteroatoms. The van der Waals surface area contributed by atoms with E-state index < -0.39 is 11.7 Å². The summed E-state index contributed by atoms with van der Waals surface area (Å²) in [5.41, 5.74) is 1.31. The first-order chi connectivity index (χ1) is 12.2. The number of nitrogens with one attached hydrogen (secondary N) is 3. The summed E-state index contributed by atoms with van der Waals surface area (Å²) in [4.78, 5) is 36.7. The Bertz CT molecular complexity index is 652. The smallest absolute Gasteiger partial charge is 0.408 e. The van der Waals surface area contributed by atoms with Crippen LogP contribution >= 0.6 is 0 Å². The van der Waals surface area contributed by atoms with Gasteiger partial charge < -0.3 is 25.6 Å². The van der Waals surface area contributed by atoms with Crippen LogP contribution in [0.15, 0.2) is 24.3 Å². The summed E-state index contributed by atoms with van der Waals surface area (Å²) in [6, 6.07) is 7.67. The third-order valence-corrected chi connectivity index (χ3v) is 3.62. The second-order valence-corrected chi connectivity index (χ2v) is 7.07. The van der Waals surface area contributed by atoms with Crippen LogP contribution in [0.2, 0.25) is 0 Å². The number of alkyl carbamates (subject to hydrolysis) is 1. The van der Waals surface area contributed by atoms with Crippen molar-refractivity contribution in [2.45, 2.75) is 32.9 Å². The zero-order valence-corrected chi connectivity index (χ0v) is 15.4. The third-order valence-electron chi connectivity index (χ3n) is 3.62. The number of piperazine rings is 1. The van der Waals surface area contributed by atoms with E-state index in [1.54, 1.807) is 20.8 Å². The summed E-state index contributed by atoms with van der Waals surface area (Å²) in [7, 11) is 0. The molecule has 8 nitrogen and oxygen atoms in total. The molecule has 0 spiro atoms. The van der Waals surface area contributed by atoms with Gasteiger partial charge in [-0.1, -0.05) is 12.1 Å². The summed E-state index contributed by atoms with van der Waals surface area (Å²) in [6.45, 7) is 7.25. The summed E-state index contributed by atoms with van der Waals surface area (Å²) >= 11 is 0. The van der Waals surface area contributed by atoms with E-state index in [0.29, 0.717) is 19.6 Å². The number of ether oxygens (including phenoxy) is 1. The molecule has 1 aliphatic heterocycles. The van der Waals surface area contributed by atoms with Gasteiger partial charge in [-0.15, -0.1) is 0 Å². The van der Waals surface area contributed by atoms with Crippen LogP contribution in [0.1, 0.15) is 26.3 Å². The highest BCUT2D eigenvalue weighted by atomic mass is 16.6. The Labute approximate surface area is 153 Å². The maximum atomic E-state index is 11.8. The lowest BCUT2D eigenvalue weighted by atomic mass is 10.2. The minimum absolute atomic E-state index is 0.0186. The van der Waals surface area contributed by atoms with Crippen LogP contribution in [-0.2, 0) is 20.9 Å². The van der Waals surface area contributed by atoms with Crippen molar-refractivity contribution in [1.82, 2.24) is 16.0 Å². The highest BCUT2D eigenvalue weighted by Crippen LogP contribution is 2.16.